The van der Waals surface area contributed by atoms with Crippen molar-refractivity contribution in [1.29, 1.82) is 0 Å². The summed E-state index contributed by atoms with van der Waals surface area (Å²) in [6.45, 7) is 4.19. The summed E-state index contributed by atoms with van der Waals surface area (Å²) in [5.41, 5.74) is 0. The van der Waals surface area contributed by atoms with Crippen LogP contribution in [0, 0.1) is 0 Å². The molecule has 0 aromatic rings. The molecule has 1 unspecified atom stereocenters. The van der Waals surface area contributed by atoms with Crippen molar-refractivity contribution in [3.8, 4) is 0 Å². The minimum Gasteiger partial charge on any atom is -0.314 e. The Kier molecular flexibility index (Phi) is 17.1. The predicted molar refractivity (Wildman–Crippen MR) is 128 cm³/mol. The molecule has 0 amide bonds. The average molecular weight is 429 g/mol. The summed E-state index contributed by atoms with van der Waals surface area (Å²) in [4.78, 5) is 0. The molecule has 0 rings (SSSR count). The Labute approximate surface area is 183 Å². The Morgan fingerprint density at radius 1 is 0.690 bits per heavy atom. The van der Waals surface area contributed by atoms with Crippen molar-refractivity contribution < 1.29 is 13.6 Å². The highest BCUT2D eigenvalue weighted by molar-refractivity contribution is 7.32. The van der Waals surface area contributed by atoms with Crippen molar-refractivity contribution in [2.24, 2.45) is 0 Å². The molecule has 0 aromatic heterocycles. The number of unbranched alkanes of at least 4 members (excludes halogenated alkanes) is 13. The molecule has 0 saturated carbocycles. The van der Waals surface area contributed by atoms with Crippen LogP contribution in [0.15, 0.2) is 12.2 Å². The van der Waals surface area contributed by atoms with Crippen molar-refractivity contribution in [2.75, 3.05) is 21.1 Å². The maximum Gasteiger partial charge on any atom is 0.378 e. The average Bonchev–Trinajstić information content (AvgIpc) is 2.65. The summed E-state index contributed by atoms with van der Waals surface area (Å²) < 4.78 is 24.7. The summed E-state index contributed by atoms with van der Waals surface area (Å²) in [7, 11) is 3.68. The van der Waals surface area contributed by atoms with Gasteiger partial charge in [0.1, 0.15) is 0 Å². The molecule has 172 valence electrons. The molecule has 0 aliphatic heterocycles. The third-order valence-corrected chi connectivity index (χ3v) is 8.15. The molecule has 0 aliphatic rings. The highest BCUT2D eigenvalue weighted by Gasteiger charge is 2.47. The first kappa shape index (κ1) is 28.6. The molecule has 0 aromatic carbocycles. The molecule has 0 saturated heterocycles. The maximum atomic E-state index is 12.1. The van der Waals surface area contributed by atoms with Crippen LogP contribution >= 0.6 is 7.68 Å². The normalized spacial score (nSPS) is 14.4. The molecule has 0 bridgehead atoms. The molecule has 0 radical (unpaired) electrons. The third-order valence-electron chi connectivity index (χ3n) is 6.42. The molecule has 4 heteroatoms. The lowest BCUT2D eigenvalue weighted by Gasteiger charge is -2.41. The number of quaternary nitrogens is 1. The topological polar surface area (TPSA) is 34.1 Å². The smallest absolute Gasteiger partial charge is 0.314 e. The van der Waals surface area contributed by atoms with Crippen molar-refractivity contribution in [3.05, 3.63) is 12.2 Å². The summed E-state index contributed by atoms with van der Waals surface area (Å²) in [5.74, 6) is 0. The van der Waals surface area contributed by atoms with Gasteiger partial charge in [0.05, 0.1) is 21.1 Å². The van der Waals surface area contributed by atoms with Crippen LogP contribution in [0.2, 0.25) is 0 Å². The predicted octanol–water partition coefficient (Wildman–Crippen LogP) is 8.79. The van der Waals surface area contributed by atoms with E-state index in [9.17, 15) is 9.13 Å². The van der Waals surface area contributed by atoms with Gasteiger partial charge >= 0.3 is 7.68 Å². The Hall–Kier alpha value is -0.400. The lowest BCUT2D eigenvalue weighted by molar-refractivity contribution is -0.908. The van der Waals surface area contributed by atoms with Gasteiger partial charge in [0.2, 0.25) is 5.28 Å². The number of allylic oxidation sites excluding steroid dienone is 2. The van der Waals surface area contributed by atoms with Crippen LogP contribution in [0.3, 0.4) is 0 Å². The van der Waals surface area contributed by atoms with E-state index < -0.39 is 13.0 Å². The molecule has 0 heterocycles. The van der Waals surface area contributed by atoms with Crippen LogP contribution in [0.25, 0.3) is 0 Å². The van der Waals surface area contributed by atoms with Gasteiger partial charge in [0.25, 0.3) is 0 Å². The van der Waals surface area contributed by atoms with E-state index in [2.05, 4.69) is 26.0 Å². The van der Waals surface area contributed by atoms with Crippen molar-refractivity contribution in [3.63, 3.8) is 0 Å². The highest BCUT2D eigenvalue weighted by atomic mass is 31.1. The molecular weight excluding hydrogens is 377 g/mol. The van der Waals surface area contributed by atoms with E-state index in [1.165, 1.54) is 83.5 Å². The number of rotatable bonds is 20. The van der Waals surface area contributed by atoms with Crippen LogP contribution in [0.5, 0.6) is 0 Å². The quantitative estimate of drug-likeness (QED) is 0.0840. The SMILES string of the molecule is CC=CCCCCCCCCCCCCCCCC(CCC)(P(=O)=O)[N+](C)(C)C. The highest BCUT2D eigenvalue weighted by Crippen LogP contribution is 2.44. The minimum absolute atomic E-state index is 0.523. The fourth-order valence-corrected chi connectivity index (χ4v) is 5.64. The second-order valence-electron chi connectivity index (χ2n) is 9.71. The first-order chi connectivity index (χ1) is 13.8. The van der Waals surface area contributed by atoms with E-state index in [1.807, 2.05) is 21.1 Å². The number of nitrogens with zero attached hydrogens (tertiary/aromatic N) is 1. The van der Waals surface area contributed by atoms with Gasteiger partial charge in [-0.15, -0.1) is 0 Å². The van der Waals surface area contributed by atoms with E-state index in [0.29, 0.717) is 4.48 Å². The molecular formula is C25H51NO2P+. The van der Waals surface area contributed by atoms with Crippen molar-refractivity contribution in [1.82, 2.24) is 0 Å². The van der Waals surface area contributed by atoms with E-state index >= 15 is 0 Å². The zero-order valence-electron chi connectivity index (χ0n) is 20.4. The second-order valence-corrected chi connectivity index (χ2v) is 11.1. The summed E-state index contributed by atoms with van der Waals surface area (Å²) in [6.07, 6.45) is 25.4. The fourth-order valence-electron chi connectivity index (χ4n) is 4.41. The van der Waals surface area contributed by atoms with Gasteiger partial charge in [-0.1, -0.05) is 89.7 Å². The summed E-state index contributed by atoms with van der Waals surface area (Å²) >= 11 is 0. The third kappa shape index (κ3) is 12.8. The van der Waals surface area contributed by atoms with E-state index in [-0.39, 0.29) is 0 Å². The van der Waals surface area contributed by atoms with Crippen LogP contribution in [0.1, 0.15) is 123 Å². The minimum atomic E-state index is -2.42. The van der Waals surface area contributed by atoms with Crippen LogP contribution < -0.4 is 0 Å². The molecule has 0 N–H and O–H groups in total. The zero-order chi connectivity index (χ0) is 22.0. The first-order valence-electron chi connectivity index (χ1n) is 12.4. The molecule has 0 fully saturated rings. The monoisotopic (exact) mass is 428 g/mol. The van der Waals surface area contributed by atoms with Gasteiger partial charge in [-0.25, -0.2) is 9.13 Å². The van der Waals surface area contributed by atoms with Crippen molar-refractivity contribution >= 4 is 7.68 Å². The molecule has 0 spiro atoms. The van der Waals surface area contributed by atoms with E-state index in [1.54, 1.807) is 0 Å². The molecule has 0 aliphatic carbocycles. The standard InChI is InChI=1S/C25H51NO2P/c1-6-8-9-10-11-12-13-14-15-16-17-18-19-20-21-22-24-25(23-7-2,29(27)28)26(3,4)5/h6,8H,7,9-24H2,1-5H3/q+1. The van der Waals surface area contributed by atoms with Gasteiger partial charge < -0.3 is 4.48 Å². The molecule has 1 atom stereocenters. The summed E-state index contributed by atoms with van der Waals surface area (Å²) in [5, 5.41) is -0.587. The summed E-state index contributed by atoms with van der Waals surface area (Å²) in [6, 6.07) is 0. The number of hydrogen-bond acceptors (Lipinski definition) is 2. The van der Waals surface area contributed by atoms with Gasteiger partial charge in [0.15, 0.2) is 0 Å². The Morgan fingerprint density at radius 2 is 1.10 bits per heavy atom. The molecule has 29 heavy (non-hydrogen) atoms. The lowest BCUT2D eigenvalue weighted by Crippen LogP contribution is -2.53. The maximum absolute atomic E-state index is 12.1. The van der Waals surface area contributed by atoms with Crippen LogP contribution in [-0.2, 0) is 9.13 Å². The van der Waals surface area contributed by atoms with Gasteiger partial charge in [0, 0.05) is 12.8 Å². The Balaban J connectivity index is 3.69. The van der Waals surface area contributed by atoms with E-state index in [0.717, 1.165) is 25.7 Å². The van der Waals surface area contributed by atoms with Crippen molar-refractivity contribution in [2.45, 2.75) is 128 Å². The molecule has 3 nitrogen and oxygen atoms in total. The first-order valence-corrected chi connectivity index (χ1v) is 13.6. The Bertz CT molecular complexity index is 472. The largest absolute Gasteiger partial charge is 0.378 e. The Morgan fingerprint density at radius 3 is 1.45 bits per heavy atom. The second kappa shape index (κ2) is 17.3. The van der Waals surface area contributed by atoms with E-state index in [4.69, 9.17) is 0 Å². The zero-order valence-corrected chi connectivity index (χ0v) is 21.3. The van der Waals surface area contributed by atoms with Gasteiger partial charge in [-0.05, 0) is 32.6 Å². The van der Waals surface area contributed by atoms with Gasteiger partial charge in [-0.3, -0.25) is 0 Å². The number of hydrogen-bond donors (Lipinski definition) is 0. The fraction of sp³-hybridized carbons (Fsp3) is 0.920. The van der Waals surface area contributed by atoms with Crippen LogP contribution in [-0.4, -0.2) is 30.9 Å². The van der Waals surface area contributed by atoms with Gasteiger partial charge in [-0.2, -0.15) is 0 Å². The lowest BCUT2D eigenvalue weighted by atomic mass is 9.99. The van der Waals surface area contributed by atoms with Crippen LogP contribution in [0.4, 0.5) is 0 Å².